The van der Waals surface area contributed by atoms with Crippen molar-refractivity contribution in [3.05, 3.63) is 29.3 Å². The molecule has 1 aromatic rings. The summed E-state index contributed by atoms with van der Waals surface area (Å²) >= 11 is 0. The molecule has 0 aromatic heterocycles. The van der Waals surface area contributed by atoms with Gasteiger partial charge in [0.1, 0.15) is 0 Å². The number of piperidine rings is 1. The van der Waals surface area contributed by atoms with Gasteiger partial charge in [-0.25, -0.2) is 0 Å². The van der Waals surface area contributed by atoms with E-state index in [4.69, 9.17) is 5.11 Å². The highest BCUT2D eigenvalue weighted by Gasteiger charge is 2.51. The number of fused-ring (bicyclic) bond motifs is 2. The molecule has 2 aliphatic rings. The molecular formula is C23H33N3O4. The number of carbonyl (C=O) groups excluding carboxylic acids is 3. The van der Waals surface area contributed by atoms with Crippen LogP contribution in [-0.2, 0) is 15.0 Å². The second-order valence-electron chi connectivity index (χ2n) is 9.63. The summed E-state index contributed by atoms with van der Waals surface area (Å²) in [6.45, 7) is 7.67. The van der Waals surface area contributed by atoms with Crippen molar-refractivity contribution >= 4 is 23.4 Å². The van der Waals surface area contributed by atoms with Crippen LogP contribution in [-0.4, -0.2) is 61.0 Å². The van der Waals surface area contributed by atoms with Crippen LogP contribution < -0.4 is 10.2 Å². The number of aliphatic hydroxyl groups excluding tert-OH is 1. The molecule has 2 heterocycles. The molecule has 7 heteroatoms. The molecule has 1 saturated heterocycles. The summed E-state index contributed by atoms with van der Waals surface area (Å²) in [5.41, 5.74) is 1.49. The number of rotatable bonds is 5. The summed E-state index contributed by atoms with van der Waals surface area (Å²) < 4.78 is 0. The normalized spacial score (nSPS) is 18.0. The van der Waals surface area contributed by atoms with Crippen LogP contribution in [0.3, 0.4) is 0 Å². The number of nitrogens with one attached hydrogen (secondary N) is 1. The van der Waals surface area contributed by atoms with Gasteiger partial charge in [0.25, 0.3) is 5.91 Å². The molecular weight excluding hydrogens is 382 g/mol. The number of likely N-dealkylation sites (tertiary alicyclic amines) is 1. The van der Waals surface area contributed by atoms with Crippen LogP contribution in [0.15, 0.2) is 18.2 Å². The van der Waals surface area contributed by atoms with Gasteiger partial charge < -0.3 is 20.2 Å². The topological polar surface area (TPSA) is 90.0 Å². The Bertz CT molecular complexity index is 835. The van der Waals surface area contributed by atoms with E-state index in [1.165, 1.54) is 0 Å². The maximum Gasteiger partial charge on any atom is 0.251 e. The number of hydrogen-bond donors (Lipinski definition) is 2. The Labute approximate surface area is 178 Å². The first-order chi connectivity index (χ1) is 14.1. The largest absolute Gasteiger partial charge is 0.396 e. The molecule has 0 saturated carbocycles. The predicted octanol–water partition coefficient (Wildman–Crippen LogP) is 2.07. The van der Waals surface area contributed by atoms with E-state index < -0.39 is 5.41 Å². The third-order valence-corrected chi connectivity index (χ3v) is 6.12. The first-order valence-corrected chi connectivity index (χ1v) is 10.7. The average Bonchev–Trinajstić information content (AvgIpc) is 2.89. The van der Waals surface area contributed by atoms with E-state index in [9.17, 15) is 14.4 Å². The maximum absolute atomic E-state index is 13.2. The summed E-state index contributed by atoms with van der Waals surface area (Å²) in [6.07, 6.45) is 2.12. The number of anilines is 1. The van der Waals surface area contributed by atoms with Gasteiger partial charge in [-0.3, -0.25) is 14.4 Å². The fourth-order valence-corrected chi connectivity index (χ4v) is 4.47. The Morgan fingerprint density at radius 2 is 1.87 bits per heavy atom. The van der Waals surface area contributed by atoms with Crippen molar-refractivity contribution in [3.63, 3.8) is 0 Å². The van der Waals surface area contributed by atoms with Crippen LogP contribution in [0.25, 0.3) is 0 Å². The number of benzene rings is 1. The summed E-state index contributed by atoms with van der Waals surface area (Å²) in [5.74, 6) is -0.0344. The van der Waals surface area contributed by atoms with Crippen LogP contribution in [0.1, 0.15) is 62.4 Å². The third kappa shape index (κ3) is 4.21. The highest BCUT2D eigenvalue weighted by molar-refractivity contribution is 6.09. The van der Waals surface area contributed by atoms with Crippen LogP contribution in [0.5, 0.6) is 0 Å². The zero-order valence-electron chi connectivity index (χ0n) is 18.5. The molecule has 0 radical (unpaired) electrons. The summed E-state index contributed by atoms with van der Waals surface area (Å²) in [7, 11) is 1.77. The minimum Gasteiger partial charge on any atom is -0.396 e. The van der Waals surface area contributed by atoms with Gasteiger partial charge in [0, 0.05) is 51.0 Å². The summed E-state index contributed by atoms with van der Waals surface area (Å²) in [4.78, 5) is 41.9. The van der Waals surface area contributed by atoms with E-state index >= 15 is 0 Å². The SMILES string of the molecule is CN1C(=O)C2(CCN(C(=O)CC(C)(C)C)CC2)c2cc(C(=O)NCCCO)ccc21. The van der Waals surface area contributed by atoms with Crippen LogP contribution in [0.2, 0.25) is 0 Å². The van der Waals surface area contributed by atoms with Gasteiger partial charge in [0.05, 0.1) is 5.41 Å². The molecule has 1 spiro atoms. The maximum atomic E-state index is 13.2. The van der Waals surface area contributed by atoms with Crippen LogP contribution >= 0.6 is 0 Å². The molecule has 3 amide bonds. The molecule has 30 heavy (non-hydrogen) atoms. The van der Waals surface area contributed by atoms with Gasteiger partial charge in [-0.1, -0.05) is 20.8 Å². The van der Waals surface area contributed by atoms with E-state index in [0.717, 1.165) is 11.3 Å². The van der Waals surface area contributed by atoms with E-state index in [2.05, 4.69) is 26.1 Å². The van der Waals surface area contributed by atoms with Gasteiger partial charge in [0.15, 0.2) is 0 Å². The van der Waals surface area contributed by atoms with Gasteiger partial charge in [-0.15, -0.1) is 0 Å². The number of carbonyl (C=O) groups is 3. The zero-order valence-corrected chi connectivity index (χ0v) is 18.5. The monoisotopic (exact) mass is 415 g/mol. The van der Waals surface area contributed by atoms with E-state index in [-0.39, 0.29) is 29.7 Å². The highest BCUT2D eigenvalue weighted by Crippen LogP contribution is 2.47. The molecule has 0 bridgehead atoms. The predicted molar refractivity (Wildman–Crippen MR) is 115 cm³/mol. The van der Waals surface area contributed by atoms with Gasteiger partial charge in [-0.05, 0) is 48.4 Å². The molecule has 2 aliphatic heterocycles. The molecule has 1 fully saturated rings. The minimum atomic E-state index is -0.677. The Morgan fingerprint density at radius 1 is 1.20 bits per heavy atom. The average molecular weight is 416 g/mol. The highest BCUT2D eigenvalue weighted by atomic mass is 16.3. The number of aliphatic hydroxyl groups is 1. The lowest BCUT2D eigenvalue weighted by Crippen LogP contribution is -2.50. The van der Waals surface area contributed by atoms with E-state index in [1.807, 2.05) is 17.0 Å². The van der Waals surface area contributed by atoms with Crippen molar-refractivity contribution in [2.24, 2.45) is 5.41 Å². The molecule has 164 valence electrons. The lowest BCUT2D eigenvalue weighted by atomic mass is 9.73. The second-order valence-corrected chi connectivity index (χ2v) is 9.63. The lowest BCUT2D eigenvalue weighted by molar-refractivity contribution is -0.137. The quantitative estimate of drug-likeness (QED) is 0.721. The first-order valence-electron chi connectivity index (χ1n) is 10.7. The van der Waals surface area contributed by atoms with E-state index in [1.54, 1.807) is 18.0 Å². The van der Waals surface area contributed by atoms with Crippen LogP contribution in [0.4, 0.5) is 5.69 Å². The Balaban J connectivity index is 1.81. The van der Waals surface area contributed by atoms with Gasteiger partial charge >= 0.3 is 0 Å². The zero-order chi connectivity index (χ0) is 22.1. The minimum absolute atomic E-state index is 0.0251. The fraction of sp³-hybridized carbons (Fsp3) is 0.609. The third-order valence-electron chi connectivity index (χ3n) is 6.12. The molecule has 0 aliphatic carbocycles. The van der Waals surface area contributed by atoms with Crippen molar-refractivity contribution in [3.8, 4) is 0 Å². The molecule has 3 rings (SSSR count). The smallest absolute Gasteiger partial charge is 0.251 e. The van der Waals surface area contributed by atoms with Gasteiger partial charge in [0.2, 0.25) is 11.8 Å². The van der Waals surface area contributed by atoms with Crippen molar-refractivity contribution in [2.75, 3.05) is 38.2 Å². The molecule has 2 N–H and O–H groups in total. The Hall–Kier alpha value is -2.41. The molecule has 7 nitrogen and oxygen atoms in total. The number of likely N-dealkylation sites (N-methyl/N-ethyl adjacent to an activating group) is 1. The van der Waals surface area contributed by atoms with E-state index in [0.29, 0.717) is 50.9 Å². The van der Waals surface area contributed by atoms with Gasteiger partial charge in [-0.2, -0.15) is 0 Å². The standard InChI is InChI=1S/C23H33N3O4/c1-22(2,3)15-19(28)26-11-8-23(9-12-26)17-14-16(20(29)24-10-5-13-27)6-7-18(17)25(4)21(23)30/h6-7,14,27H,5,8-13,15H2,1-4H3,(H,24,29). The lowest BCUT2D eigenvalue weighted by Gasteiger charge is -2.39. The van der Waals surface area contributed by atoms with Crippen molar-refractivity contribution in [1.82, 2.24) is 10.2 Å². The number of amides is 3. The molecule has 1 aromatic carbocycles. The summed E-state index contributed by atoms with van der Waals surface area (Å²) in [5, 5.41) is 11.7. The fourth-order valence-electron chi connectivity index (χ4n) is 4.47. The first kappa shape index (κ1) is 22.3. The van der Waals surface area contributed by atoms with Crippen molar-refractivity contribution < 1.29 is 19.5 Å². The van der Waals surface area contributed by atoms with Crippen molar-refractivity contribution in [1.29, 1.82) is 0 Å². The van der Waals surface area contributed by atoms with Crippen LogP contribution in [0, 0.1) is 5.41 Å². The summed E-state index contributed by atoms with van der Waals surface area (Å²) in [6, 6.07) is 5.40. The molecule has 0 unspecified atom stereocenters. The Morgan fingerprint density at radius 3 is 2.47 bits per heavy atom. The Kier molecular flexibility index (Phi) is 6.22. The van der Waals surface area contributed by atoms with Crippen molar-refractivity contribution in [2.45, 2.75) is 51.9 Å². The second kappa shape index (κ2) is 8.38. The number of nitrogens with zero attached hydrogens (tertiary/aromatic N) is 2. The molecule has 0 atom stereocenters. The number of hydrogen-bond acceptors (Lipinski definition) is 4.